The first-order valence-corrected chi connectivity index (χ1v) is 22.8. The Balaban J connectivity index is 1.18. The van der Waals surface area contributed by atoms with Crippen molar-refractivity contribution in [1.29, 1.82) is 0 Å². The van der Waals surface area contributed by atoms with Crippen LogP contribution in [0.2, 0.25) is 0 Å². The third kappa shape index (κ3) is 5.93. The van der Waals surface area contributed by atoms with Crippen LogP contribution in [0, 0.1) is 41.5 Å². The molecular formula is C51H50O4P2. The molecule has 57 heavy (non-hydrogen) atoms. The fourth-order valence-corrected chi connectivity index (χ4v) is 15.4. The summed E-state index contributed by atoms with van der Waals surface area (Å²) in [5, 5.41) is 7.39. The van der Waals surface area contributed by atoms with Crippen LogP contribution in [0.4, 0.5) is 0 Å². The second-order valence-electron chi connectivity index (χ2n) is 18.3. The minimum atomic E-state index is -1.02. The molecule has 4 aliphatic rings. The van der Waals surface area contributed by atoms with Gasteiger partial charge in [0.05, 0.1) is 0 Å². The zero-order valence-electron chi connectivity index (χ0n) is 34.7. The predicted octanol–water partition coefficient (Wildman–Crippen LogP) is 10.8. The van der Waals surface area contributed by atoms with Crippen LogP contribution in [0.3, 0.4) is 0 Å². The van der Waals surface area contributed by atoms with Crippen molar-refractivity contribution in [2.45, 2.75) is 98.7 Å². The lowest BCUT2D eigenvalue weighted by atomic mass is 9.69. The first-order valence-electron chi connectivity index (χ1n) is 20.2. The molecule has 6 heteroatoms. The van der Waals surface area contributed by atoms with Crippen LogP contribution in [-0.2, 0) is 10.8 Å². The highest BCUT2D eigenvalue weighted by Crippen LogP contribution is 2.58. The third-order valence-electron chi connectivity index (χ3n) is 12.2. The fraction of sp³-hybridized carbons (Fsp3) is 0.294. The summed E-state index contributed by atoms with van der Waals surface area (Å²) >= 11 is 0. The van der Waals surface area contributed by atoms with E-state index in [0.29, 0.717) is 0 Å². The lowest BCUT2D eigenvalue weighted by molar-refractivity contribution is -0.165. The number of fused-ring (bicyclic) bond motifs is 6. The van der Waals surface area contributed by atoms with Gasteiger partial charge >= 0.3 is 0 Å². The smallest absolute Gasteiger partial charge is 0.253 e. The lowest BCUT2D eigenvalue weighted by Gasteiger charge is -2.52. The predicted molar refractivity (Wildman–Crippen MR) is 238 cm³/mol. The minimum Gasteiger partial charge on any atom is -0.456 e. The average Bonchev–Trinajstić information content (AvgIpc) is 3.13. The van der Waals surface area contributed by atoms with E-state index in [0.717, 1.165) is 47.3 Å². The van der Waals surface area contributed by atoms with Crippen molar-refractivity contribution in [2.75, 3.05) is 0 Å². The summed E-state index contributed by atoms with van der Waals surface area (Å²) in [6, 6.07) is 35.9. The fourth-order valence-electron chi connectivity index (χ4n) is 9.77. The van der Waals surface area contributed by atoms with Gasteiger partial charge in [0.2, 0.25) is 0 Å². The van der Waals surface area contributed by atoms with E-state index in [4.69, 9.17) is 18.9 Å². The second-order valence-corrected chi connectivity index (χ2v) is 22.5. The molecule has 0 radical (unpaired) electrons. The van der Waals surface area contributed by atoms with E-state index in [1.807, 2.05) is 0 Å². The lowest BCUT2D eigenvalue weighted by Crippen LogP contribution is -2.57. The van der Waals surface area contributed by atoms with E-state index in [2.05, 4.69) is 166 Å². The molecule has 0 aromatic heterocycles. The van der Waals surface area contributed by atoms with Gasteiger partial charge in [0.1, 0.15) is 34.5 Å². The summed E-state index contributed by atoms with van der Waals surface area (Å²) < 4.78 is 28.6. The highest BCUT2D eigenvalue weighted by atomic mass is 31.1. The Morgan fingerprint density at radius 2 is 0.684 bits per heavy atom. The van der Waals surface area contributed by atoms with Crippen molar-refractivity contribution in [3.8, 4) is 34.5 Å². The molecule has 0 bridgehead atoms. The Morgan fingerprint density at radius 1 is 0.386 bits per heavy atom. The van der Waals surface area contributed by atoms with Gasteiger partial charge in [0.25, 0.3) is 5.79 Å². The largest absolute Gasteiger partial charge is 0.456 e. The van der Waals surface area contributed by atoms with Gasteiger partial charge in [0, 0.05) is 66.6 Å². The molecule has 0 atom stereocenters. The number of benzene rings is 6. The van der Waals surface area contributed by atoms with Crippen molar-refractivity contribution in [1.82, 2.24) is 0 Å². The van der Waals surface area contributed by atoms with Crippen LogP contribution in [0.5, 0.6) is 34.5 Å². The summed E-state index contributed by atoms with van der Waals surface area (Å²) in [4.78, 5) is 0. The average molecular weight is 789 g/mol. The topological polar surface area (TPSA) is 36.9 Å². The van der Waals surface area contributed by atoms with Gasteiger partial charge in [-0.25, -0.2) is 0 Å². The van der Waals surface area contributed by atoms with Crippen molar-refractivity contribution in [3.05, 3.63) is 142 Å². The minimum absolute atomic E-state index is 0.239. The molecule has 288 valence electrons. The molecule has 0 saturated carbocycles. The van der Waals surface area contributed by atoms with Gasteiger partial charge in [-0.3, -0.25) is 0 Å². The van der Waals surface area contributed by atoms with Gasteiger partial charge in [-0.2, -0.15) is 0 Å². The molecule has 4 nitrogen and oxygen atoms in total. The Hall–Kier alpha value is -4.62. The quantitative estimate of drug-likeness (QED) is 0.164. The Labute approximate surface area is 340 Å². The molecular weight excluding hydrogens is 739 g/mol. The molecule has 0 saturated heterocycles. The van der Waals surface area contributed by atoms with Crippen LogP contribution in [0.25, 0.3) is 0 Å². The maximum absolute atomic E-state index is 7.70. The number of hydrogen-bond donors (Lipinski definition) is 0. The number of ether oxygens (including phenoxy) is 4. The second kappa shape index (κ2) is 12.7. The van der Waals surface area contributed by atoms with Gasteiger partial charge in [-0.15, -0.1) is 0 Å². The Kier molecular flexibility index (Phi) is 8.17. The molecule has 6 aromatic carbocycles. The summed E-state index contributed by atoms with van der Waals surface area (Å²) in [6.07, 6.45) is 1.45. The van der Waals surface area contributed by atoms with Crippen LogP contribution >= 0.6 is 15.8 Å². The SMILES string of the molecule is Cc1ccc2c(c1)P(c1cc(C)cc3c1OC1(CC3(C)C)CC(C)(C)c3cc(C)cc(P4c5cc(C)ccc5Oc5ccc(C)cc54)c3O1)c1cc(C)ccc1O2. The van der Waals surface area contributed by atoms with Gasteiger partial charge < -0.3 is 18.9 Å². The Morgan fingerprint density at radius 3 is 1.00 bits per heavy atom. The zero-order valence-corrected chi connectivity index (χ0v) is 36.5. The van der Waals surface area contributed by atoms with E-state index >= 15 is 0 Å². The van der Waals surface area contributed by atoms with E-state index < -0.39 is 21.6 Å². The molecule has 0 unspecified atom stereocenters. The highest BCUT2D eigenvalue weighted by molar-refractivity contribution is 7.81. The summed E-state index contributed by atoms with van der Waals surface area (Å²) in [6.45, 7) is 22.7. The third-order valence-corrected chi connectivity index (χ3v) is 17.2. The molecule has 4 heterocycles. The standard InChI is InChI=1S/C51H50O4P2/c1-29-11-15-37-41(21-29)56(42-22-30(2)12-16-38(42)52-37)45-25-33(5)19-35-47(45)54-51(27-49(35,7)8)28-50(9,10)36-20-34(6)26-46(48(36)55-51)57-43-23-31(3)13-17-39(43)53-40-18-14-32(4)24-44(40)57/h11-26H,27-28H2,1-10H3. The summed E-state index contributed by atoms with van der Waals surface area (Å²) in [5.41, 5.74) is 9.40. The van der Waals surface area contributed by atoms with Crippen molar-refractivity contribution in [3.63, 3.8) is 0 Å². The molecule has 4 aliphatic heterocycles. The first kappa shape index (κ1) is 36.7. The van der Waals surface area contributed by atoms with E-state index in [-0.39, 0.29) is 10.8 Å². The molecule has 0 fully saturated rings. The van der Waals surface area contributed by atoms with Gasteiger partial charge in [-0.1, -0.05) is 86.3 Å². The monoisotopic (exact) mass is 788 g/mol. The van der Waals surface area contributed by atoms with Crippen LogP contribution < -0.4 is 50.8 Å². The molecule has 0 amide bonds. The molecule has 1 spiro atoms. The first-order chi connectivity index (χ1) is 27.1. The summed E-state index contributed by atoms with van der Waals surface area (Å²) in [7, 11) is -2.04. The number of rotatable bonds is 2. The van der Waals surface area contributed by atoms with Crippen LogP contribution in [-0.4, -0.2) is 5.79 Å². The van der Waals surface area contributed by atoms with Crippen molar-refractivity contribution < 1.29 is 18.9 Å². The van der Waals surface area contributed by atoms with Crippen molar-refractivity contribution >= 4 is 47.7 Å². The Bertz CT molecular complexity index is 2400. The maximum atomic E-state index is 7.70. The van der Waals surface area contributed by atoms with Crippen LogP contribution in [0.15, 0.2) is 97.1 Å². The number of hydrogen-bond acceptors (Lipinski definition) is 4. The van der Waals surface area contributed by atoms with Gasteiger partial charge in [0.15, 0.2) is 0 Å². The molecule has 10 rings (SSSR count). The highest BCUT2D eigenvalue weighted by Gasteiger charge is 2.55. The molecule has 0 aliphatic carbocycles. The van der Waals surface area contributed by atoms with E-state index in [1.165, 1.54) is 76.3 Å². The van der Waals surface area contributed by atoms with Crippen molar-refractivity contribution in [2.24, 2.45) is 0 Å². The van der Waals surface area contributed by atoms with Crippen LogP contribution in [0.1, 0.15) is 85.0 Å². The van der Waals surface area contributed by atoms with E-state index in [1.54, 1.807) is 0 Å². The number of aryl methyl sites for hydroxylation is 6. The molecule has 0 N–H and O–H groups in total. The van der Waals surface area contributed by atoms with Gasteiger partial charge in [-0.05, 0) is 129 Å². The summed E-state index contributed by atoms with van der Waals surface area (Å²) in [5.74, 6) is 4.75. The van der Waals surface area contributed by atoms with E-state index in [9.17, 15) is 0 Å². The maximum Gasteiger partial charge on any atom is 0.253 e. The zero-order chi connectivity index (χ0) is 39.8. The molecule has 6 aromatic rings. The normalized spacial score (nSPS) is 18.0.